The molecule has 1 fully saturated rings. The highest BCUT2D eigenvalue weighted by molar-refractivity contribution is 6.01. The molecule has 0 unspecified atom stereocenters. The Morgan fingerprint density at radius 2 is 1.96 bits per heavy atom. The first-order valence-corrected chi connectivity index (χ1v) is 8.75. The predicted octanol–water partition coefficient (Wildman–Crippen LogP) is 3.26. The summed E-state index contributed by atoms with van der Waals surface area (Å²) in [5, 5.41) is 12.6. The number of rotatable bonds is 2. The zero-order chi connectivity index (χ0) is 18.3. The Balaban J connectivity index is 0.00000210. The van der Waals surface area contributed by atoms with Gasteiger partial charge in [-0.2, -0.15) is 0 Å². The van der Waals surface area contributed by atoms with E-state index >= 15 is 0 Å². The maximum absolute atomic E-state index is 12.8. The average molecular weight is 389 g/mol. The van der Waals surface area contributed by atoms with E-state index in [1.807, 2.05) is 12.1 Å². The SMILES string of the molecule is Cc1ncc(-c2ccc3c(c2)C(=O)CC2(CCNCC2)O3)cc1C(=O)O.Cl. The highest BCUT2D eigenvalue weighted by Gasteiger charge is 2.41. The van der Waals surface area contributed by atoms with Crippen LogP contribution < -0.4 is 10.1 Å². The number of carbonyl (C=O) groups is 2. The van der Waals surface area contributed by atoms with E-state index in [-0.39, 0.29) is 23.8 Å². The van der Waals surface area contributed by atoms with Crippen LogP contribution in [0, 0.1) is 6.92 Å². The third-order valence-corrected chi connectivity index (χ3v) is 5.25. The number of benzene rings is 1. The number of Topliss-reactive ketones (excluding diaryl/α,β-unsaturated/α-hetero) is 1. The van der Waals surface area contributed by atoms with Gasteiger partial charge in [-0.1, -0.05) is 6.07 Å². The van der Waals surface area contributed by atoms with Gasteiger partial charge in [-0.3, -0.25) is 9.78 Å². The molecule has 7 heteroatoms. The van der Waals surface area contributed by atoms with Crippen LogP contribution in [0.2, 0.25) is 0 Å². The molecule has 1 saturated heterocycles. The summed E-state index contributed by atoms with van der Waals surface area (Å²) in [6, 6.07) is 7.04. The minimum Gasteiger partial charge on any atom is -0.486 e. The molecule has 1 aromatic heterocycles. The van der Waals surface area contributed by atoms with Gasteiger partial charge in [0.15, 0.2) is 5.78 Å². The largest absolute Gasteiger partial charge is 0.486 e. The molecule has 27 heavy (non-hydrogen) atoms. The lowest BCUT2D eigenvalue weighted by atomic mass is 9.82. The molecule has 0 amide bonds. The van der Waals surface area contributed by atoms with Gasteiger partial charge in [-0.25, -0.2) is 4.79 Å². The van der Waals surface area contributed by atoms with Crippen molar-refractivity contribution in [3.8, 4) is 16.9 Å². The van der Waals surface area contributed by atoms with E-state index in [4.69, 9.17) is 4.74 Å². The fourth-order valence-corrected chi connectivity index (χ4v) is 3.74. The fourth-order valence-electron chi connectivity index (χ4n) is 3.74. The number of nitrogens with zero attached hydrogens (tertiary/aromatic N) is 1. The van der Waals surface area contributed by atoms with Gasteiger partial charge in [0.05, 0.1) is 23.2 Å². The molecule has 0 saturated carbocycles. The van der Waals surface area contributed by atoms with Crippen molar-refractivity contribution in [2.45, 2.75) is 31.8 Å². The first-order chi connectivity index (χ1) is 12.5. The average Bonchev–Trinajstić information content (AvgIpc) is 2.62. The van der Waals surface area contributed by atoms with Gasteiger partial charge in [-0.15, -0.1) is 12.4 Å². The summed E-state index contributed by atoms with van der Waals surface area (Å²) in [4.78, 5) is 28.3. The molecule has 2 aromatic rings. The summed E-state index contributed by atoms with van der Waals surface area (Å²) in [7, 11) is 0. The number of aromatic carboxylic acids is 1. The molecule has 0 bridgehead atoms. The first-order valence-electron chi connectivity index (χ1n) is 8.75. The summed E-state index contributed by atoms with van der Waals surface area (Å²) >= 11 is 0. The van der Waals surface area contributed by atoms with Gasteiger partial charge in [-0.05, 0) is 43.8 Å². The number of ketones is 1. The molecule has 0 aliphatic carbocycles. The molecule has 1 aromatic carbocycles. The normalized spacial score (nSPS) is 17.6. The molecule has 1 spiro atoms. The summed E-state index contributed by atoms with van der Waals surface area (Å²) in [6.07, 6.45) is 3.66. The van der Waals surface area contributed by atoms with Gasteiger partial charge in [0, 0.05) is 24.6 Å². The molecular formula is C20H21ClN2O4. The van der Waals surface area contributed by atoms with Gasteiger partial charge in [0.2, 0.25) is 0 Å². The number of carboxylic acids is 1. The Morgan fingerprint density at radius 3 is 2.67 bits per heavy atom. The van der Waals surface area contributed by atoms with Crippen molar-refractivity contribution in [2.75, 3.05) is 13.1 Å². The summed E-state index contributed by atoms with van der Waals surface area (Å²) in [5.74, 6) is -0.318. The summed E-state index contributed by atoms with van der Waals surface area (Å²) < 4.78 is 6.23. The maximum Gasteiger partial charge on any atom is 0.337 e. The van der Waals surface area contributed by atoms with Gasteiger partial charge in [0.25, 0.3) is 0 Å². The van der Waals surface area contributed by atoms with Crippen LogP contribution in [0.15, 0.2) is 30.5 Å². The number of piperidine rings is 1. The van der Waals surface area contributed by atoms with E-state index < -0.39 is 11.6 Å². The monoisotopic (exact) mass is 388 g/mol. The number of pyridine rings is 1. The van der Waals surface area contributed by atoms with Gasteiger partial charge < -0.3 is 15.2 Å². The predicted molar refractivity (Wildman–Crippen MR) is 103 cm³/mol. The molecule has 3 heterocycles. The molecule has 2 aliphatic rings. The summed E-state index contributed by atoms with van der Waals surface area (Å²) in [6.45, 7) is 3.37. The number of aryl methyl sites for hydroxylation is 1. The molecule has 6 nitrogen and oxygen atoms in total. The standard InChI is InChI=1S/C20H20N2O4.ClH/c1-12-15(19(24)25)9-14(11-22-12)13-2-3-18-16(8-13)17(23)10-20(26-18)4-6-21-7-5-20;/h2-3,8-9,11,21H,4-7,10H2,1H3,(H,24,25);1H. The Morgan fingerprint density at radius 1 is 1.22 bits per heavy atom. The number of fused-ring (bicyclic) bond motifs is 1. The number of nitrogens with one attached hydrogen (secondary N) is 1. The summed E-state index contributed by atoms with van der Waals surface area (Å²) in [5.41, 5.74) is 2.23. The molecule has 4 rings (SSSR count). The third-order valence-electron chi connectivity index (χ3n) is 5.25. The zero-order valence-electron chi connectivity index (χ0n) is 14.9. The number of ether oxygens (including phenoxy) is 1. The molecule has 2 N–H and O–H groups in total. The minimum absolute atomic E-state index is 0. The van der Waals surface area contributed by atoms with Gasteiger partial charge in [0.1, 0.15) is 11.4 Å². The highest BCUT2D eigenvalue weighted by Crippen LogP contribution is 2.39. The van der Waals surface area contributed by atoms with Gasteiger partial charge >= 0.3 is 5.97 Å². The zero-order valence-corrected chi connectivity index (χ0v) is 15.8. The smallest absolute Gasteiger partial charge is 0.337 e. The Kier molecular flexibility index (Phi) is 5.22. The lowest BCUT2D eigenvalue weighted by molar-refractivity contribution is 0.0187. The molecule has 2 aliphatic heterocycles. The van der Waals surface area contributed by atoms with Crippen molar-refractivity contribution in [3.63, 3.8) is 0 Å². The number of hydrogen-bond acceptors (Lipinski definition) is 5. The van der Waals surface area contributed by atoms with E-state index in [1.165, 1.54) is 0 Å². The quantitative estimate of drug-likeness (QED) is 0.820. The first kappa shape index (κ1) is 19.3. The molecule has 142 valence electrons. The molecular weight excluding hydrogens is 368 g/mol. The van der Waals surface area contributed by atoms with Crippen LogP contribution in [-0.2, 0) is 0 Å². The topological polar surface area (TPSA) is 88.5 Å². The second kappa shape index (κ2) is 7.29. The van der Waals surface area contributed by atoms with E-state index in [0.29, 0.717) is 29.0 Å². The maximum atomic E-state index is 12.8. The van der Waals surface area contributed by atoms with Crippen LogP contribution in [0.3, 0.4) is 0 Å². The Labute approximate surface area is 163 Å². The van der Waals surface area contributed by atoms with Crippen molar-refractivity contribution >= 4 is 24.2 Å². The van der Waals surface area contributed by atoms with Crippen molar-refractivity contribution < 1.29 is 19.4 Å². The van der Waals surface area contributed by atoms with Crippen LogP contribution in [0.5, 0.6) is 5.75 Å². The van der Waals surface area contributed by atoms with Crippen molar-refractivity contribution in [2.24, 2.45) is 0 Å². The molecule has 0 radical (unpaired) electrons. The fraction of sp³-hybridized carbons (Fsp3) is 0.350. The number of carbonyl (C=O) groups excluding carboxylic acids is 1. The van der Waals surface area contributed by atoms with Crippen LogP contribution in [0.1, 0.15) is 45.7 Å². The second-order valence-corrected chi connectivity index (χ2v) is 7.01. The van der Waals surface area contributed by atoms with E-state index in [1.54, 1.807) is 25.3 Å². The molecule has 0 atom stereocenters. The van der Waals surface area contributed by atoms with E-state index in [2.05, 4.69) is 10.3 Å². The van der Waals surface area contributed by atoms with Crippen LogP contribution in [0.4, 0.5) is 0 Å². The minimum atomic E-state index is -1.01. The van der Waals surface area contributed by atoms with Crippen molar-refractivity contribution in [1.29, 1.82) is 0 Å². The lowest BCUT2D eigenvalue weighted by Crippen LogP contribution is -2.49. The number of carboxylic acid groups (broad SMARTS) is 1. The van der Waals surface area contributed by atoms with E-state index in [0.717, 1.165) is 31.5 Å². The lowest BCUT2D eigenvalue weighted by Gasteiger charge is -2.41. The number of aromatic nitrogens is 1. The van der Waals surface area contributed by atoms with Crippen LogP contribution >= 0.6 is 12.4 Å². The van der Waals surface area contributed by atoms with Crippen molar-refractivity contribution in [3.05, 3.63) is 47.3 Å². The Bertz CT molecular complexity index is 907. The van der Waals surface area contributed by atoms with Crippen LogP contribution in [-0.4, -0.2) is 40.5 Å². The third kappa shape index (κ3) is 3.55. The number of halogens is 1. The number of hydrogen-bond donors (Lipinski definition) is 2. The van der Waals surface area contributed by atoms with Crippen molar-refractivity contribution in [1.82, 2.24) is 10.3 Å². The van der Waals surface area contributed by atoms with Crippen LogP contribution in [0.25, 0.3) is 11.1 Å². The second-order valence-electron chi connectivity index (χ2n) is 7.01. The van der Waals surface area contributed by atoms with E-state index in [9.17, 15) is 14.7 Å². The Hall–Kier alpha value is -2.44. The highest BCUT2D eigenvalue weighted by atomic mass is 35.5.